The van der Waals surface area contributed by atoms with Gasteiger partial charge in [0.25, 0.3) is 5.82 Å². The molecule has 1 aromatic heterocycles. The summed E-state index contributed by atoms with van der Waals surface area (Å²) in [7, 11) is 0. The van der Waals surface area contributed by atoms with Gasteiger partial charge in [0.2, 0.25) is 0 Å². The molecule has 2 unspecified atom stereocenters. The van der Waals surface area contributed by atoms with Gasteiger partial charge in [-0.25, -0.2) is 9.55 Å². The number of aromatic nitrogens is 2. The molecule has 2 nitrogen and oxygen atoms in total. The highest BCUT2D eigenvalue weighted by molar-refractivity contribution is 4.90. The van der Waals surface area contributed by atoms with Crippen LogP contribution in [0, 0.1) is 0 Å². The first kappa shape index (κ1) is 39.2. The Morgan fingerprint density at radius 2 is 0.786 bits per heavy atom. The molecule has 0 saturated carbocycles. The van der Waals surface area contributed by atoms with E-state index in [4.69, 9.17) is 0 Å². The third-order valence-electron chi connectivity index (χ3n) is 9.87. The lowest BCUT2D eigenvalue weighted by molar-refractivity contribution is -0.727. The van der Waals surface area contributed by atoms with Gasteiger partial charge in [0, 0.05) is 0 Å². The molecule has 0 saturated heterocycles. The van der Waals surface area contributed by atoms with Crippen LogP contribution >= 0.6 is 0 Å². The van der Waals surface area contributed by atoms with Crippen LogP contribution in [0.15, 0.2) is 12.4 Å². The van der Waals surface area contributed by atoms with Gasteiger partial charge in [0.1, 0.15) is 12.4 Å². The van der Waals surface area contributed by atoms with Crippen molar-refractivity contribution in [1.29, 1.82) is 0 Å². The van der Waals surface area contributed by atoms with E-state index in [2.05, 4.69) is 49.6 Å². The zero-order valence-electron chi connectivity index (χ0n) is 29.7. The molecular formula is C40H79N2+. The molecule has 42 heavy (non-hydrogen) atoms. The van der Waals surface area contributed by atoms with Crippen molar-refractivity contribution in [1.82, 2.24) is 4.98 Å². The number of unbranched alkanes of at least 4 members (excludes halogenated alkanes) is 25. The van der Waals surface area contributed by atoms with Crippen molar-refractivity contribution >= 4 is 0 Å². The average Bonchev–Trinajstić information content (AvgIpc) is 3.49. The summed E-state index contributed by atoms with van der Waals surface area (Å²) in [4.78, 5) is 3.70. The fourth-order valence-electron chi connectivity index (χ4n) is 7.04. The largest absolute Gasteiger partial charge is 0.257 e. The molecule has 0 aliphatic rings. The molecule has 1 rings (SSSR count). The van der Waals surface area contributed by atoms with Crippen molar-refractivity contribution in [3.63, 3.8) is 0 Å². The van der Waals surface area contributed by atoms with Crippen LogP contribution in [-0.4, -0.2) is 4.98 Å². The minimum Gasteiger partial charge on any atom is -0.247 e. The fourth-order valence-corrected chi connectivity index (χ4v) is 7.04. The molecule has 0 aliphatic heterocycles. The van der Waals surface area contributed by atoms with Gasteiger partial charge in [-0.3, -0.25) is 0 Å². The smallest absolute Gasteiger partial charge is 0.247 e. The van der Waals surface area contributed by atoms with E-state index in [1.165, 1.54) is 205 Å². The van der Waals surface area contributed by atoms with E-state index in [9.17, 15) is 0 Å². The quantitative estimate of drug-likeness (QED) is 0.0623. The zero-order valence-corrected chi connectivity index (χ0v) is 29.7. The Balaban J connectivity index is 2.19. The molecular weight excluding hydrogens is 508 g/mol. The van der Waals surface area contributed by atoms with Crippen molar-refractivity contribution in [2.45, 2.75) is 239 Å². The standard InChI is InChI=1S/C40H78N2/c1-5-8-10-12-14-16-18-19-20-21-22-23-24-26-28-30-32-35-39(40-41-36-37-42(40)38(4)33-7-3)34-31-29-27-25-17-15-13-11-9-6-2/h36-39H,5-35H2,1-4H3/p+1. The zero-order chi connectivity index (χ0) is 30.4. The number of hydrogen-bond donors (Lipinski definition) is 1. The normalized spacial score (nSPS) is 13.1. The Hall–Kier alpha value is -0.790. The lowest BCUT2D eigenvalue weighted by Gasteiger charge is -2.17. The van der Waals surface area contributed by atoms with Crippen LogP contribution in [-0.2, 0) is 0 Å². The molecule has 0 fully saturated rings. The van der Waals surface area contributed by atoms with Crippen molar-refractivity contribution < 1.29 is 4.57 Å². The SMILES string of the molecule is CCCCCCCCCCCCCCCCCCCC(CCCCCCCCCCCC)c1[nH]cc[n+]1C(C)CCC. The summed E-state index contributed by atoms with van der Waals surface area (Å²) in [6.45, 7) is 9.35. The Labute approximate surface area is 266 Å². The first-order chi connectivity index (χ1) is 20.7. The van der Waals surface area contributed by atoms with Crippen LogP contribution in [0.4, 0.5) is 0 Å². The Morgan fingerprint density at radius 1 is 0.452 bits per heavy atom. The highest BCUT2D eigenvalue weighted by atomic mass is 15.1. The van der Waals surface area contributed by atoms with Crippen LogP contribution in [0.1, 0.15) is 245 Å². The number of nitrogens with one attached hydrogen (secondary N) is 1. The van der Waals surface area contributed by atoms with E-state index in [0.717, 1.165) is 0 Å². The second-order valence-corrected chi connectivity index (χ2v) is 14.0. The van der Waals surface area contributed by atoms with E-state index in [-0.39, 0.29) is 0 Å². The van der Waals surface area contributed by atoms with Crippen LogP contribution in [0.3, 0.4) is 0 Å². The number of hydrogen-bond acceptors (Lipinski definition) is 0. The van der Waals surface area contributed by atoms with E-state index < -0.39 is 0 Å². The number of H-pyrrole nitrogens is 1. The summed E-state index contributed by atoms with van der Waals surface area (Å²) in [6.07, 6.45) is 48.9. The second-order valence-electron chi connectivity index (χ2n) is 14.0. The predicted molar refractivity (Wildman–Crippen MR) is 189 cm³/mol. The summed E-state index contributed by atoms with van der Waals surface area (Å²) in [5.41, 5.74) is 0. The summed E-state index contributed by atoms with van der Waals surface area (Å²) < 4.78 is 2.58. The number of rotatable bonds is 33. The minimum atomic E-state index is 0.613. The molecule has 0 aromatic carbocycles. The molecule has 1 N–H and O–H groups in total. The summed E-state index contributed by atoms with van der Waals surface area (Å²) >= 11 is 0. The monoisotopic (exact) mass is 588 g/mol. The summed E-state index contributed by atoms with van der Waals surface area (Å²) in [5, 5.41) is 0. The molecule has 2 atom stereocenters. The summed E-state index contributed by atoms with van der Waals surface area (Å²) in [6, 6.07) is 0.613. The molecule has 1 aromatic rings. The van der Waals surface area contributed by atoms with Crippen LogP contribution in [0.5, 0.6) is 0 Å². The molecule has 0 aliphatic carbocycles. The number of nitrogens with zero attached hydrogens (tertiary/aromatic N) is 1. The van der Waals surface area contributed by atoms with Crippen molar-refractivity contribution in [3.05, 3.63) is 18.2 Å². The molecule has 2 heteroatoms. The van der Waals surface area contributed by atoms with Gasteiger partial charge in [-0.15, -0.1) is 0 Å². The van der Waals surface area contributed by atoms with Gasteiger partial charge < -0.3 is 0 Å². The van der Waals surface area contributed by atoms with Crippen molar-refractivity contribution in [2.24, 2.45) is 0 Å². The minimum absolute atomic E-state index is 0.613. The number of aromatic amines is 1. The highest BCUT2D eigenvalue weighted by Gasteiger charge is 2.25. The Morgan fingerprint density at radius 3 is 1.12 bits per heavy atom. The molecule has 0 radical (unpaired) electrons. The van der Waals surface area contributed by atoms with Gasteiger partial charge in [0.15, 0.2) is 0 Å². The molecule has 0 bridgehead atoms. The topological polar surface area (TPSA) is 19.7 Å². The maximum atomic E-state index is 3.70. The number of imidazole rings is 1. The lowest BCUT2D eigenvalue weighted by atomic mass is 9.92. The van der Waals surface area contributed by atoms with E-state index in [1.54, 1.807) is 0 Å². The fraction of sp³-hybridized carbons (Fsp3) is 0.925. The van der Waals surface area contributed by atoms with Gasteiger partial charge in [0.05, 0.1) is 12.0 Å². The highest BCUT2D eigenvalue weighted by Crippen LogP contribution is 2.27. The lowest BCUT2D eigenvalue weighted by Crippen LogP contribution is -2.41. The molecule has 0 spiro atoms. The van der Waals surface area contributed by atoms with Gasteiger partial charge >= 0.3 is 0 Å². The third-order valence-corrected chi connectivity index (χ3v) is 9.87. The van der Waals surface area contributed by atoms with Crippen LogP contribution < -0.4 is 4.57 Å². The first-order valence-electron chi connectivity index (χ1n) is 19.8. The molecule has 1 heterocycles. The van der Waals surface area contributed by atoms with E-state index in [1.807, 2.05) is 0 Å². The van der Waals surface area contributed by atoms with Gasteiger partial charge in [-0.05, 0) is 26.2 Å². The Bertz CT molecular complexity index is 650. The van der Waals surface area contributed by atoms with E-state index >= 15 is 0 Å². The molecule has 248 valence electrons. The van der Waals surface area contributed by atoms with E-state index in [0.29, 0.717) is 12.0 Å². The third kappa shape index (κ3) is 21.8. The Kier molecular flexibility index (Phi) is 28.3. The van der Waals surface area contributed by atoms with Gasteiger partial charge in [-0.1, -0.05) is 201 Å². The molecule has 0 amide bonds. The maximum absolute atomic E-state index is 3.70. The van der Waals surface area contributed by atoms with Crippen molar-refractivity contribution in [2.75, 3.05) is 0 Å². The van der Waals surface area contributed by atoms with Crippen LogP contribution in [0.25, 0.3) is 0 Å². The van der Waals surface area contributed by atoms with Crippen molar-refractivity contribution in [3.8, 4) is 0 Å². The second kappa shape index (κ2) is 30.2. The summed E-state index contributed by atoms with van der Waals surface area (Å²) in [5.74, 6) is 2.23. The average molecular weight is 588 g/mol. The first-order valence-corrected chi connectivity index (χ1v) is 19.8. The predicted octanol–water partition coefficient (Wildman–Crippen LogP) is 14.1. The van der Waals surface area contributed by atoms with Crippen LogP contribution in [0.2, 0.25) is 0 Å². The van der Waals surface area contributed by atoms with Gasteiger partial charge in [-0.2, -0.15) is 0 Å². The maximum Gasteiger partial charge on any atom is 0.257 e.